The van der Waals surface area contributed by atoms with Crippen LogP contribution in [0, 0.1) is 5.92 Å². The maximum absolute atomic E-state index is 5.94. The summed E-state index contributed by atoms with van der Waals surface area (Å²) in [7, 11) is 1.99. The standard InChI is InChI=1S/C17H29NO/c1-13(2)12-19-16-8-7-15(17(3,4)5)11-14(16)9-10-18-6/h7-8,11,13,18H,9-10,12H2,1-6H3. The molecule has 0 bridgehead atoms. The first-order valence-corrected chi connectivity index (χ1v) is 7.25. The number of likely N-dealkylation sites (N-methyl/N-ethyl adjacent to an activating group) is 1. The molecule has 1 N–H and O–H groups in total. The molecule has 0 spiro atoms. The molecular formula is C17H29NO. The first-order chi connectivity index (χ1) is 8.84. The Morgan fingerprint density at radius 3 is 2.42 bits per heavy atom. The Kier molecular flexibility index (Phi) is 5.86. The second-order valence-corrected chi connectivity index (χ2v) is 6.63. The van der Waals surface area contributed by atoms with Crippen LogP contribution in [0.2, 0.25) is 0 Å². The van der Waals surface area contributed by atoms with Crippen LogP contribution in [-0.2, 0) is 11.8 Å². The summed E-state index contributed by atoms with van der Waals surface area (Å²) in [5.41, 5.74) is 2.86. The quantitative estimate of drug-likeness (QED) is 0.843. The van der Waals surface area contributed by atoms with E-state index in [0.29, 0.717) is 5.92 Å². The van der Waals surface area contributed by atoms with Crippen LogP contribution < -0.4 is 10.1 Å². The number of rotatable bonds is 6. The summed E-state index contributed by atoms with van der Waals surface area (Å²) in [5, 5.41) is 3.21. The fraction of sp³-hybridized carbons (Fsp3) is 0.647. The van der Waals surface area contributed by atoms with Crippen molar-refractivity contribution in [2.45, 2.75) is 46.5 Å². The van der Waals surface area contributed by atoms with Gasteiger partial charge in [0.2, 0.25) is 0 Å². The van der Waals surface area contributed by atoms with Gasteiger partial charge in [-0.3, -0.25) is 0 Å². The normalized spacial score (nSPS) is 11.9. The van der Waals surface area contributed by atoms with E-state index in [2.05, 4.69) is 58.1 Å². The lowest BCUT2D eigenvalue weighted by atomic mass is 9.85. The molecule has 1 aromatic rings. The van der Waals surface area contributed by atoms with E-state index in [1.165, 1.54) is 11.1 Å². The van der Waals surface area contributed by atoms with Gasteiger partial charge in [0.1, 0.15) is 5.75 Å². The van der Waals surface area contributed by atoms with Crippen molar-refractivity contribution in [1.82, 2.24) is 5.32 Å². The van der Waals surface area contributed by atoms with Gasteiger partial charge in [-0.2, -0.15) is 0 Å². The van der Waals surface area contributed by atoms with E-state index in [9.17, 15) is 0 Å². The zero-order chi connectivity index (χ0) is 14.5. The predicted octanol–water partition coefficient (Wildman–Crippen LogP) is 3.78. The second-order valence-electron chi connectivity index (χ2n) is 6.63. The first kappa shape index (κ1) is 16.0. The van der Waals surface area contributed by atoms with Gasteiger partial charge in [0.15, 0.2) is 0 Å². The molecule has 0 radical (unpaired) electrons. The Bertz CT molecular complexity index is 391. The van der Waals surface area contributed by atoms with Gasteiger partial charge in [0.25, 0.3) is 0 Å². The Balaban J connectivity index is 2.95. The molecule has 0 heterocycles. The van der Waals surface area contributed by atoms with Crippen LogP contribution in [-0.4, -0.2) is 20.2 Å². The third-order valence-electron chi connectivity index (χ3n) is 3.14. The lowest BCUT2D eigenvalue weighted by Crippen LogP contribution is -2.15. The van der Waals surface area contributed by atoms with Crippen molar-refractivity contribution in [3.8, 4) is 5.75 Å². The van der Waals surface area contributed by atoms with Gasteiger partial charge in [-0.15, -0.1) is 0 Å². The lowest BCUT2D eigenvalue weighted by Gasteiger charge is -2.22. The number of nitrogens with one attached hydrogen (secondary N) is 1. The number of ether oxygens (including phenoxy) is 1. The molecular weight excluding hydrogens is 234 g/mol. The number of benzene rings is 1. The molecule has 0 atom stereocenters. The van der Waals surface area contributed by atoms with E-state index in [-0.39, 0.29) is 5.41 Å². The number of hydrogen-bond donors (Lipinski definition) is 1. The molecule has 0 unspecified atom stereocenters. The average molecular weight is 263 g/mol. The van der Waals surface area contributed by atoms with Crippen molar-refractivity contribution < 1.29 is 4.74 Å². The minimum atomic E-state index is 0.185. The van der Waals surface area contributed by atoms with Crippen LogP contribution in [0.25, 0.3) is 0 Å². The highest BCUT2D eigenvalue weighted by atomic mass is 16.5. The predicted molar refractivity (Wildman–Crippen MR) is 83.1 cm³/mol. The highest BCUT2D eigenvalue weighted by Crippen LogP contribution is 2.28. The van der Waals surface area contributed by atoms with E-state index in [1.807, 2.05) is 7.05 Å². The van der Waals surface area contributed by atoms with E-state index in [0.717, 1.165) is 25.3 Å². The molecule has 0 fully saturated rings. The van der Waals surface area contributed by atoms with Gasteiger partial charge in [0.05, 0.1) is 6.61 Å². The Hall–Kier alpha value is -1.02. The Labute approximate surface area is 118 Å². The van der Waals surface area contributed by atoms with Crippen molar-refractivity contribution in [1.29, 1.82) is 0 Å². The fourth-order valence-electron chi connectivity index (χ4n) is 1.90. The molecule has 2 heteroatoms. The number of hydrogen-bond acceptors (Lipinski definition) is 2. The summed E-state index contributed by atoms with van der Waals surface area (Å²) in [5.74, 6) is 1.59. The van der Waals surface area contributed by atoms with Gasteiger partial charge in [-0.1, -0.05) is 46.8 Å². The van der Waals surface area contributed by atoms with E-state index >= 15 is 0 Å². The molecule has 0 saturated carbocycles. The largest absolute Gasteiger partial charge is 0.493 e. The molecule has 0 aromatic heterocycles. The highest BCUT2D eigenvalue weighted by molar-refractivity contribution is 5.40. The molecule has 108 valence electrons. The Morgan fingerprint density at radius 1 is 1.21 bits per heavy atom. The SMILES string of the molecule is CNCCc1cc(C(C)(C)C)ccc1OCC(C)C. The van der Waals surface area contributed by atoms with Gasteiger partial charge >= 0.3 is 0 Å². The maximum atomic E-state index is 5.94. The van der Waals surface area contributed by atoms with Crippen LogP contribution in [0.15, 0.2) is 18.2 Å². The summed E-state index contributed by atoms with van der Waals surface area (Å²) >= 11 is 0. The molecule has 2 nitrogen and oxygen atoms in total. The van der Waals surface area contributed by atoms with Crippen molar-refractivity contribution in [2.24, 2.45) is 5.92 Å². The van der Waals surface area contributed by atoms with Crippen LogP contribution in [0.3, 0.4) is 0 Å². The average Bonchev–Trinajstić information content (AvgIpc) is 2.32. The molecule has 0 amide bonds. The van der Waals surface area contributed by atoms with E-state index in [1.54, 1.807) is 0 Å². The topological polar surface area (TPSA) is 21.3 Å². The lowest BCUT2D eigenvalue weighted by molar-refractivity contribution is 0.268. The highest BCUT2D eigenvalue weighted by Gasteiger charge is 2.16. The summed E-state index contributed by atoms with van der Waals surface area (Å²) < 4.78 is 5.94. The zero-order valence-electron chi connectivity index (χ0n) is 13.3. The molecule has 0 aliphatic carbocycles. The molecule has 19 heavy (non-hydrogen) atoms. The van der Waals surface area contributed by atoms with Crippen LogP contribution in [0.4, 0.5) is 0 Å². The summed E-state index contributed by atoms with van der Waals surface area (Å²) in [6, 6.07) is 6.62. The third-order valence-corrected chi connectivity index (χ3v) is 3.14. The van der Waals surface area contributed by atoms with E-state index in [4.69, 9.17) is 4.74 Å². The monoisotopic (exact) mass is 263 g/mol. The molecule has 0 aliphatic heterocycles. The van der Waals surface area contributed by atoms with Gasteiger partial charge in [-0.25, -0.2) is 0 Å². The van der Waals surface area contributed by atoms with Gasteiger partial charge in [0, 0.05) is 0 Å². The van der Waals surface area contributed by atoms with E-state index < -0.39 is 0 Å². The molecule has 0 aliphatic rings. The summed E-state index contributed by atoms with van der Waals surface area (Å²) in [4.78, 5) is 0. The van der Waals surface area contributed by atoms with Crippen molar-refractivity contribution in [3.63, 3.8) is 0 Å². The molecule has 1 rings (SSSR count). The van der Waals surface area contributed by atoms with Crippen molar-refractivity contribution in [3.05, 3.63) is 29.3 Å². The van der Waals surface area contributed by atoms with Crippen molar-refractivity contribution >= 4 is 0 Å². The summed E-state index contributed by atoms with van der Waals surface area (Å²) in [6.07, 6.45) is 1.01. The van der Waals surface area contributed by atoms with Gasteiger partial charge in [-0.05, 0) is 48.5 Å². The molecule has 0 saturated heterocycles. The van der Waals surface area contributed by atoms with Crippen LogP contribution in [0.1, 0.15) is 45.7 Å². The third kappa shape index (κ3) is 5.23. The van der Waals surface area contributed by atoms with Crippen LogP contribution >= 0.6 is 0 Å². The van der Waals surface area contributed by atoms with Crippen molar-refractivity contribution in [2.75, 3.05) is 20.2 Å². The smallest absolute Gasteiger partial charge is 0.122 e. The van der Waals surface area contributed by atoms with Crippen LogP contribution in [0.5, 0.6) is 5.75 Å². The Morgan fingerprint density at radius 2 is 1.89 bits per heavy atom. The fourth-order valence-corrected chi connectivity index (χ4v) is 1.90. The molecule has 1 aromatic carbocycles. The minimum absolute atomic E-state index is 0.185. The zero-order valence-corrected chi connectivity index (χ0v) is 13.3. The maximum Gasteiger partial charge on any atom is 0.122 e. The first-order valence-electron chi connectivity index (χ1n) is 7.25. The second kappa shape index (κ2) is 6.95. The van der Waals surface area contributed by atoms with Gasteiger partial charge < -0.3 is 10.1 Å². The summed E-state index contributed by atoms with van der Waals surface area (Å²) in [6.45, 7) is 12.9. The minimum Gasteiger partial charge on any atom is -0.493 e.